The average molecular weight is 274 g/mol. The largest absolute Gasteiger partial charge is 0.415 e. The van der Waals surface area contributed by atoms with Gasteiger partial charge in [-0.15, -0.1) is 0 Å². The fourth-order valence-electron chi connectivity index (χ4n) is 1.63. The summed E-state index contributed by atoms with van der Waals surface area (Å²) in [4.78, 5) is 23.8. The molecule has 0 bridgehead atoms. The standard InChI is InChI=1S/C15H14O3S/c1-10(12-6-4-3-5-7-12)15(17)18-14-9-8-13(19-14)11(2)16/h3-10H,1-2H3. The van der Waals surface area contributed by atoms with Gasteiger partial charge in [0.1, 0.15) is 0 Å². The Bertz CT molecular complexity index is 586. The second-order valence-corrected chi connectivity index (χ2v) is 5.27. The van der Waals surface area contributed by atoms with Crippen LogP contribution in [-0.4, -0.2) is 11.8 Å². The molecule has 0 spiro atoms. The molecule has 0 aliphatic rings. The molecule has 1 aromatic carbocycles. The number of benzene rings is 1. The van der Waals surface area contributed by atoms with E-state index in [2.05, 4.69) is 0 Å². The Morgan fingerprint density at radius 2 is 1.79 bits per heavy atom. The van der Waals surface area contributed by atoms with Gasteiger partial charge in [-0.3, -0.25) is 9.59 Å². The number of ether oxygens (including phenoxy) is 1. The minimum Gasteiger partial charge on any atom is -0.415 e. The maximum absolute atomic E-state index is 12.0. The Hall–Kier alpha value is -1.94. The van der Waals surface area contributed by atoms with Crippen LogP contribution >= 0.6 is 11.3 Å². The number of rotatable bonds is 4. The van der Waals surface area contributed by atoms with E-state index in [1.165, 1.54) is 18.3 Å². The van der Waals surface area contributed by atoms with Crippen LogP contribution in [0.1, 0.15) is 35.0 Å². The van der Waals surface area contributed by atoms with E-state index < -0.39 is 0 Å². The van der Waals surface area contributed by atoms with Crippen LogP contribution in [0, 0.1) is 0 Å². The summed E-state index contributed by atoms with van der Waals surface area (Å²) < 4.78 is 5.29. The van der Waals surface area contributed by atoms with Crippen LogP contribution in [0.25, 0.3) is 0 Å². The summed E-state index contributed by atoms with van der Waals surface area (Å²) in [7, 11) is 0. The summed E-state index contributed by atoms with van der Waals surface area (Å²) in [6.07, 6.45) is 0. The van der Waals surface area contributed by atoms with Crippen LogP contribution in [0.15, 0.2) is 42.5 Å². The first-order valence-electron chi connectivity index (χ1n) is 5.95. The van der Waals surface area contributed by atoms with Gasteiger partial charge >= 0.3 is 5.97 Å². The molecule has 1 heterocycles. The number of ketones is 1. The van der Waals surface area contributed by atoms with Crippen molar-refractivity contribution in [3.8, 4) is 5.06 Å². The van der Waals surface area contributed by atoms with Crippen molar-refractivity contribution >= 4 is 23.1 Å². The van der Waals surface area contributed by atoms with Crippen LogP contribution in [0.3, 0.4) is 0 Å². The number of Topliss-reactive ketones (excluding diaryl/α,β-unsaturated/α-hetero) is 1. The lowest BCUT2D eigenvalue weighted by molar-refractivity contribution is -0.135. The van der Waals surface area contributed by atoms with Crippen LogP contribution in [0.2, 0.25) is 0 Å². The minimum absolute atomic E-state index is 0.0246. The van der Waals surface area contributed by atoms with E-state index in [1.54, 1.807) is 19.1 Å². The third-order valence-corrected chi connectivity index (χ3v) is 3.85. The monoisotopic (exact) mass is 274 g/mol. The van der Waals surface area contributed by atoms with Gasteiger partial charge in [-0.25, -0.2) is 0 Å². The van der Waals surface area contributed by atoms with E-state index in [0.29, 0.717) is 9.94 Å². The van der Waals surface area contributed by atoms with Gasteiger partial charge in [0.25, 0.3) is 0 Å². The summed E-state index contributed by atoms with van der Waals surface area (Å²) >= 11 is 1.19. The molecular formula is C15H14O3S. The SMILES string of the molecule is CC(=O)c1ccc(OC(=O)C(C)c2ccccc2)s1. The van der Waals surface area contributed by atoms with Gasteiger partial charge in [0.2, 0.25) is 0 Å². The van der Waals surface area contributed by atoms with Crippen molar-refractivity contribution in [2.45, 2.75) is 19.8 Å². The molecule has 3 nitrogen and oxygen atoms in total. The zero-order chi connectivity index (χ0) is 13.8. The summed E-state index contributed by atoms with van der Waals surface area (Å²) in [5, 5.41) is 0.456. The van der Waals surface area contributed by atoms with E-state index in [-0.39, 0.29) is 17.7 Å². The minimum atomic E-state index is -0.330. The van der Waals surface area contributed by atoms with Gasteiger partial charge in [0.15, 0.2) is 10.8 Å². The lowest BCUT2D eigenvalue weighted by atomic mass is 10.0. The van der Waals surface area contributed by atoms with E-state index in [1.807, 2.05) is 30.3 Å². The topological polar surface area (TPSA) is 43.4 Å². The predicted octanol–water partition coefficient (Wildman–Crippen LogP) is 3.66. The molecule has 0 aliphatic carbocycles. The van der Waals surface area contributed by atoms with Crippen molar-refractivity contribution in [1.29, 1.82) is 0 Å². The van der Waals surface area contributed by atoms with Crippen LogP contribution in [0.5, 0.6) is 5.06 Å². The highest BCUT2D eigenvalue weighted by molar-refractivity contribution is 7.15. The number of carbonyl (C=O) groups is 2. The molecule has 2 rings (SSSR count). The number of thiophene rings is 1. The van der Waals surface area contributed by atoms with Crippen molar-refractivity contribution in [1.82, 2.24) is 0 Å². The zero-order valence-corrected chi connectivity index (χ0v) is 11.6. The van der Waals surface area contributed by atoms with E-state index >= 15 is 0 Å². The van der Waals surface area contributed by atoms with Gasteiger partial charge in [0.05, 0.1) is 10.8 Å². The molecule has 0 amide bonds. The fourth-order valence-corrected chi connectivity index (χ4v) is 2.39. The molecule has 0 saturated heterocycles. The molecule has 0 N–H and O–H groups in total. The molecule has 98 valence electrons. The molecular weight excluding hydrogens is 260 g/mol. The van der Waals surface area contributed by atoms with E-state index in [9.17, 15) is 9.59 Å². The molecule has 1 unspecified atom stereocenters. The van der Waals surface area contributed by atoms with Crippen molar-refractivity contribution in [2.24, 2.45) is 0 Å². The second-order valence-electron chi connectivity index (χ2n) is 4.23. The molecule has 1 aromatic heterocycles. The first-order valence-corrected chi connectivity index (χ1v) is 6.77. The summed E-state index contributed by atoms with van der Waals surface area (Å²) in [5.74, 6) is -0.671. The van der Waals surface area contributed by atoms with Gasteiger partial charge in [0, 0.05) is 0 Å². The first kappa shape index (κ1) is 13.5. The fraction of sp³-hybridized carbons (Fsp3) is 0.200. The van der Waals surface area contributed by atoms with Crippen LogP contribution in [0.4, 0.5) is 0 Å². The summed E-state index contributed by atoms with van der Waals surface area (Å²) in [5.41, 5.74) is 0.913. The highest BCUT2D eigenvalue weighted by atomic mass is 32.1. The normalized spacial score (nSPS) is 11.9. The van der Waals surface area contributed by atoms with E-state index in [4.69, 9.17) is 4.74 Å². The first-order chi connectivity index (χ1) is 9.08. The lowest BCUT2D eigenvalue weighted by Gasteiger charge is -2.09. The summed E-state index contributed by atoms with van der Waals surface area (Å²) in [6, 6.07) is 12.8. The smallest absolute Gasteiger partial charge is 0.319 e. The van der Waals surface area contributed by atoms with E-state index in [0.717, 1.165) is 5.56 Å². The molecule has 0 radical (unpaired) electrons. The van der Waals surface area contributed by atoms with Crippen LogP contribution < -0.4 is 4.74 Å². The zero-order valence-electron chi connectivity index (χ0n) is 10.8. The third kappa shape index (κ3) is 3.29. The highest BCUT2D eigenvalue weighted by Crippen LogP contribution is 2.27. The number of esters is 1. The van der Waals surface area contributed by atoms with Crippen molar-refractivity contribution in [2.75, 3.05) is 0 Å². The highest BCUT2D eigenvalue weighted by Gasteiger charge is 2.18. The quantitative estimate of drug-likeness (QED) is 0.631. The Morgan fingerprint density at radius 3 is 2.37 bits per heavy atom. The van der Waals surface area contributed by atoms with Crippen molar-refractivity contribution in [3.05, 3.63) is 52.9 Å². The maximum Gasteiger partial charge on any atom is 0.319 e. The second kappa shape index (κ2) is 5.80. The molecule has 0 aliphatic heterocycles. The molecule has 19 heavy (non-hydrogen) atoms. The molecule has 4 heteroatoms. The molecule has 2 aromatic rings. The Kier molecular flexibility index (Phi) is 4.12. The van der Waals surface area contributed by atoms with Gasteiger partial charge in [-0.1, -0.05) is 41.7 Å². The Labute approximate surface area is 115 Å². The number of hydrogen-bond donors (Lipinski definition) is 0. The van der Waals surface area contributed by atoms with Crippen molar-refractivity contribution in [3.63, 3.8) is 0 Å². The maximum atomic E-state index is 12.0. The number of hydrogen-bond acceptors (Lipinski definition) is 4. The average Bonchev–Trinajstić information content (AvgIpc) is 2.87. The summed E-state index contributed by atoms with van der Waals surface area (Å²) in [6.45, 7) is 3.29. The molecule has 0 saturated carbocycles. The van der Waals surface area contributed by atoms with Gasteiger partial charge in [-0.2, -0.15) is 0 Å². The molecule has 0 fully saturated rings. The lowest BCUT2D eigenvalue weighted by Crippen LogP contribution is -2.15. The van der Waals surface area contributed by atoms with Gasteiger partial charge in [-0.05, 0) is 31.5 Å². The van der Waals surface area contributed by atoms with Crippen molar-refractivity contribution < 1.29 is 14.3 Å². The Morgan fingerprint density at radius 1 is 1.11 bits per heavy atom. The predicted molar refractivity (Wildman–Crippen MR) is 74.8 cm³/mol. The molecule has 1 atom stereocenters. The Balaban J connectivity index is 2.06. The third-order valence-electron chi connectivity index (χ3n) is 2.78. The van der Waals surface area contributed by atoms with Gasteiger partial charge < -0.3 is 4.74 Å². The van der Waals surface area contributed by atoms with Crippen LogP contribution in [-0.2, 0) is 4.79 Å². The number of carbonyl (C=O) groups excluding carboxylic acids is 2.